The molecule has 0 spiro atoms. The summed E-state index contributed by atoms with van der Waals surface area (Å²) in [5.41, 5.74) is 0.806. The average molecular weight is 316 g/mol. The first-order chi connectivity index (χ1) is 10.7. The number of ether oxygens (including phenoxy) is 1. The Morgan fingerprint density at radius 1 is 1.23 bits per heavy atom. The van der Waals surface area contributed by atoms with Gasteiger partial charge in [-0.25, -0.2) is 19.6 Å². The summed E-state index contributed by atoms with van der Waals surface area (Å²) in [4.78, 5) is 12.7. The van der Waals surface area contributed by atoms with E-state index in [1.54, 1.807) is 29.3 Å². The maximum Gasteiger partial charge on any atom is 0.150 e. The third-order valence-corrected chi connectivity index (χ3v) is 3.29. The Morgan fingerprint density at radius 3 is 2.77 bits per heavy atom. The average Bonchev–Trinajstić information content (AvgIpc) is 3.03. The second-order valence-corrected chi connectivity index (χ2v) is 5.14. The van der Waals surface area contributed by atoms with E-state index < -0.39 is 0 Å². The Kier molecular flexibility index (Phi) is 4.29. The highest BCUT2D eigenvalue weighted by atomic mass is 35.5. The normalized spacial score (nSPS) is 12.1. The van der Waals surface area contributed by atoms with Gasteiger partial charge in [0.15, 0.2) is 0 Å². The van der Waals surface area contributed by atoms with Gasteiger partial charge in [-0.3, -0.25) is 0 Å². The summed E-state index contributed by atoms with van der Waals surface area (Å²) in [5.74, 6) is 1.41. The molecule has 0 radical (unpaired) electrons. The maximum absolute atomic E-state index is 5.86. The third kappa shape index (κ3) is 3.59. The molecule has 0 saturated heterocycles. The zero-order valence-corrected chi connectivity index (χ0v) is 12.7. The van der Waals surface area contributed by atoms with Crippen molar-refractivity contribution >= 4 is 11.6 Å². The minimum Gasteiger partial charge on any atom is -0.484 e. The molecule has 0 amide bonds. The van der Waals surface area contributed by atoms with Crippen molar-refractivity contribution in [1.29, 1.82) is 0 Å². The van der Waals surface area contributed by atoms with Crippen molar-refractivity contribution in [3.8, 4) is 5.75 Å². The van der Waals surface area contributed by atoms with E-state index in [1.165, 1.54) is 6.33 Å². The SMILES string of the molecule is CC(Oc1ccc(Cl)cc1)c1ccnc(Cn2cncn2)n1. The fourth-order valence-corrected chi connectivity index (χ4v) is 2.08. The molecule has 0 aliphatic rings. The molecule has 7 heteroatoms. The molecular formula is C15H14ClN5O. The predicted octanol–water partition coefficient (Wildman–Crippen LogP) is 2.91. The lowest BCUT2D eigenvalue weighted by Gasteiger charge is -2.14. The Labute approximate surface area is 132 Å². The van der Waals surface area contributed by atoms with E-state index in [0.717, 1.165) is 11.4 Å². The highest BCUT2D eigenvalue weighted by Gasteiger charge is 2.10. The summed E-state index contributed by atoms with van der Waals surface area (Å²) in [6.45, 7) is 2.41. The summed E-state index contributed by atoms with van der Waals surface area (Å²) in [7, 11) is 0. The number of nitrogens with zero attached hydrogens (tertiary/aromatic N) is 5. The van der Waals surface area contributed by atoms with Gasteiger partial charge in [-0.15, -0.1) is 0 Å². The summed E-state index contributed by atoms with van der Waals surface area (Å²) in [6, 6.07) is 9.08. The van der Waals surface area contributed by atoms with Crippen LogP contribution < -0.4 is 4.74 Å². The summed E-state index contributed by atoms with van der Waals surface area (Å²) < 4.78 is 7.53. The fraction of sp³-hybridized carbons (Fsp3) is 0.200. The molecule has 1 atom stereocenters. The van der Waals surface area contributed by atoms with E-state index in [2.05, 4.69) is 20.1 Å². The topological polar surface area (TPSA) is 65.7 Å². The number of rotatable bonds is 5. The van der Waals surface area contributed by atoms with Crippen LogP contribution in [0.25, 0.3) is 0 Å². The first-order valence-electron chi connectivity index (χ1n) is 6.77. The van der Waals surface area contributed by atoms with Gasteiger partial charge in [-0.05, 0) is 37.3 Å². The highest BCUT2D eigenvalue weighted by Crippen LogP contribution is 2.22. The van der Waals surface area contributed by atoms with E-state index in [9.17, 15) is 0 Å². The Bertz CT molecular complexity index is 730. The third-order valence-electron chi connectivity index (χ3n) is 3.04. The molecule has 6 nitrogen and oxygen atoms in total. The lowest BCUT2D eigenvalue weighted by Crippen LogP contribution is -2.10. The number of hydrogen-bond donors (Lipinski definition) is 0. The minimum absolute atomic E-state index is 0.196. The van der Waals surface area contributed by atoms with Crippen LogP contribution in [0, 0.1) is 0 Å². The number of halogens is 1. The van der Waals surface area contributed by atoms with Crippen molar-refractivity contribution < 1.29 is 4.74 Å². The molecule has 3 aromatic rings. The van der Waals surface area contributed by atoms with Crippen LogP contribution in [-0.2, 0) is 6.54 Å². The zero-order valence-electron chi connectivity index (χ0n) is 11.9. The molecule has 2 heterocycles. The monoisotopic (exact) mass is 315 g/mol. The Morgan fingerprint density at radius 2 is 2.05 bits per heavy atom. The fourth-order valence-electron chi connectivity index (χ4n) is 1.95. The molecule has 0 aliphatic carbocycles. The summed E-state index contributed by atoms with van der Waals surface area (Å²) in [6.07, 6.45) is 4.63. The van der Waals surface area contributed by atoms with Gasteiger partial charge in [0.05, 0.1) is 5.69 Å². The van der Waals surface area contributed by atoms with Gasteiger partial charge in [0, 0.05) is 11.2 Å². The molecule has 3 rings (SSSR count). The summed E-state index contributed by atoms with van der Waals surface area (Å²) in [5, 5.41) is 4.72. The second-order valence-electron chi connectivity index (χ2n) is 4.70. The summed E-state index contributed by atoms with van der Waals surface area (Å²) >= 11 is 5.86. The van der Waals surface area contributed by atoms with E-state index in [-0.39, 0.29) is 6.10 Å². The van der Waals surface area contributed by atoms with Crippen LogP contribution in [0.15, 0.2) is 49.2 Å². The minimum atomic E-state index is -0.196. The number of aromatic nitrogens is 5. The first-order valence-corrected chi connectivity index (χ1v) is 7.15. The van der Waals surface area contributed by atoms with Crippen LogP contribution in [0.5, 0.6) is 5.75 Å². The van der Waals surface area contributed by atoms with Crippen molar-refractivity contribution in [2.75, 3.05) is 0 Å². The van der Waals surface area contributed by atoms with Crippen LogP contribution in [0.4, 0.5) is 0 Å². The van der Waals surface area contributed by atoms with Gasteiger partial charge in [0.25, 0.3) is 0 Å². The number of hydrogen-bond acceptors (Lipinski definition) is 5. The molecule has 22 heavy (non-hydrogen) atoms. The van der Waals surface area contributed by atoms with Gasteiger partial charge in [-0.2, -0.15) is 5.10 Å². The molecule has 112 valence electrons. The largest absolute Gasteiger partial charge is 0.484 e. The van der Waals surface area contributed by atoms with Crippen LogP contribution in [0.1, 0.15) is 24.5 Å². The second kappa shape index (κ2) is 6.53. The van der Waals surface area contributed by atoms with Crippen LogP contribution in [0.3, 0.4) is 0 Å². The molecule has 0 bridgehead atoms. The van der Waals surface area contributed by atoms with Crippen molar-refractivity contribution in [1.82, 2.24) is 24.7 Å². The van der Waals surface area contributed by atoms with Crippen molar-refractivity contribution in [3.05, 3.63) is 65.7 Å². The van der Waals surface area contributed by atoms with Crippen LogP contribution >= 0.6 is 11.6 Å². The molecular weight excluding hydrogens is 302 g/mol. The highest BCUT2D eigenvalue weighted by molar-refractivity contribution is 6.30. The standard InChI is InChI=1S/C15H14ClN5O/c1-11(22-13-4-2-12(16)3-5-13)14-6-7-18-15(20-14)8-21-10-17-9-19-21/h2-7,9-11H,8H2,1H3. The van der Waals surface area contributed by atoms with Crippen LogP contribution in [-0.4, -0.2) is 24.7 Å². The smallest absolute Gasteiger partial charge is 0.150 e. The lowest BCUT2D eigenvalue weighted by atomic mass is 10.2. The van der Waals surface area contributed by atoms with E-state index in [0.29, 0.717) is 17.4 Å². The molecule has 2 aromatic heterocycles. The van der Waals surface area contributed by atoms with Gasteiger partial charge in [0.2, 0.25) is 0 Å². The molecule has 0 aliphatic heterocycles. The number of benzene rings is 1. The molecule has 0 fully saturated rings. The molecule has 1 unspecified atom stereocenters. The van der Waals surface area contributed by atoms with Gasteiger partial charge in [-0.1, -0.05) is 11.6 Å². The quantitative estimate of drug-likeness (QED) is 0.724. The zero-order chi connectivity index (χ0) is 15.4. The van der Waals surface area contributed by atoms with E-state index in [1.807, 2.05) is 25.1 Å². The van der Waals surface area contributed by atoms with Crippen molar-refractivity contribution in [2.24, 2.45) is 0 Å². The lowest BCUT2D eigenvalue weighted by molar-refractivity contribution is 0.221. The van der Waals surface area contributed by atoms with Gasteiger partial charge >= 0.3 is 0 Å². The van der Waals surface area contributed by atoms with Gasteiger partial charge < -0.3 is 4.74 Å². The van der Waals surface area contributed by atoms with Crippen molar-refractivity contribution in [3.63, 3.8) is 0 Å². The molecule has 1 aromatic carbocycles. The van der Waals surface area contributed by atoms with Crippen molar-refractivity contribution in [2.45, 2.75) is 19.6 Å². The maximum atomic E-state index is 5.86. The van der Waals surface area contributed by atoms with Gasteiger partial charge in [0.1, 0.15) is 36.9 Å². The Balaban J connectivity index is 1.72. The van der Waals surface area contributed by atoms with E-state index in [4.69, 9.17) is 16.3 Å². The molecule has 0 N–H and O–H groups in total. The predicted molar refractivity (Wildman–Crippen MR) is 81.7 cm³/mol. The van der Waals surface area contributed by atoms with E-state index >= 15 is 0 Å². The van der Waals surface area contributed by atoms with Crippen LogP contribution in [0.2, 0.25) is 5.02 Å². The first kappa shape index (κ1) is 14.5. The Hall–Kier alpha value is -2.47. The molecule has 0 saturated carbocycles.